The molecule has 1 saturated heterocycles. The Labute approximate surface area is 136 Å². The summed E-state index contributed by atoms with van der Waals surface area (Å²) in [5.41, 5.74) is 1.38. The van der Waals surface area contributed by atoms with Crippen LogP contribution in [-0.2, 0) is 15.9 Å². The number of halogens is 1. The van der Waals surface area contributed by atoms with Gasteiger partial charge in [0, 0.05) is 24.7 Å². The molecule has 1 aromatic carbocycles. The van der Waals surface area contributed by atoms with Gasteiger partial charge in [0.05, 0.1) is 12.7 Å². The minimum Gasteiger partial charge on any atom is -0.383 e. The van der Waals surface area contributed by atoms with Crippen molar-refractivity contribution in [1.29, 1.82) is 0 Å². The average molecular weight is 356 g/mol. The molecule has 3 nitrogen and oxygen atoms in total. The van der Waals surface area contributed by atoms with Crippen LogP contribution in [0.5, 0.6) is 0 Å². The van der Waals surface area contributed by atoms with E-state index in [4.69, 9.17) is 9.47 Å². The number of ether oxygens (including phenoxy) is 2. The Morgan fingerprint density at radius 3 is 3.00 bits per heavy atom. The fraction of sp³-hybridized carbons (Fsp3) is 0.647. The van der Waals surface area contributed by atoms with Crippen molar-refractivity contribution in [2.45, 2.75) is 31.8 Å². The third kappa shape index (κ3) is 6.07. The molecule has 0 bridgehead atoms. The summed E-state index contributed by atoms with van der Waals surface area (Å²) in [5, 5.41) is 3.50. The third-order valence-corrected chi connectivity index (χ3v) is 4.78. The summed E-state index contributed by atoms with van der Waals surface area (Å²) in [6.07, 6.45) is 5.10. The van der Waals surface area contributed by atoms with E-state index < -0.39 is 0 Å². The van der Waals surface area contributed by atoms with Gasteiger partial charge < -0.3 is 14.8 Å². The summed E-state index contributed by atoms with van der Waals surface area (Å²) in [5.74, 6) is 0.601. The number of hydrogen-bond acceptors (Lipinski definition) is 3. The maximum absolute atomic E-state index is 5.81. The van der Waals surface area contributed by atoms with Gasteiger partial charge in [-0.05, 0) is 49.8 Å². The third-order valence-electron chi connectivity index (χ3n) is 4.00. The Bertz CT molecular complexity index is 408. The number of rotatable bonds is 9. The van der Waals surface area contributed by atoms with Crippen molar-refractivity contribution in [3.8, 4) is 0 Å². The molecule has 0 saturated carbocycles. The van der Waals surface area contributed by atoms with Gasteiger partial charge in [-0.15, -0.1) is 0 Å². The second kappa shape index (κ2) is 9.57. The lowest BCUT2D eigenvalue weighted by Gasteiger charge is -2.21. The van der Waals surface area contributed by atoms with E-state index in [-0.39, 0.29) is 0 Å². The first kappa shape index (κ1) is 16.9. The molecule has 4 heteroatoms. The van der Waals surface area contributed by atoms with Crippen LogP contribution in [0.2, 0.25) is 0 Å². The molecule has 1 aliphatic rings. The largest absolute Gasteiger partial charge is 0.383 e. The first-order valence-corrected chi connectivity index (χ1v) is 8.63. The summed E-state index contributed by atoms with van der Waals surface area (Å²) >= 11 is 3.66. The first-order valence-electron chi connectivity index (χ1n) is 7.84. The van der Waals surface area contributed by atoms with E-state index in [9.17, 15) is 0 Å². The van der Waals surface area contributed by atoms with E-state index in [1.807, 2.05) is 0 Å². The maximum atomic E-state index is 5.81. The number of hydrogen-bond donors (Lipinski definition) is 1. The van der Waals surface area contributed by atoms with Gasteiger partial charge in [-0.25, -0.2) is 0 Å². The van der Waals surface area contributed by atoms with E-state index in [2.05, 4.69) is 45.5 Å². The predicted octanol–water partition coefficient (Wildman–Crippen LogP) is 3.41. The second-order valence-corrected chi connectivity index (χ2v) is 6.58. The quantitative estimate of drug-likeness (QED) is 0.688. The molecule has 1 heterocycles. The van der Waals surface area contributed by atoms with Crippen LogP contribution in [0.15, 0.2) is 28.7 Å². The van der Waals surface area contributed by atoms with E-state index in [1.54, 1.807) is 7.11 Å². The Hall–Kier alpha value is -0.420. The Kier molecular flexibility index (Phi) is 7.72. The van der Waals surface area contributed by atoms with Crippen LogP contribution in [0, 0.1) is 5.92 Å². The van der Waals surface area contributed by atoms with E-state index in [1.165, 1.54) is 22.9 Å². The van der Waals surface area contributed by atoms with Crippen molar-refractivity contribution in [3.63, 3.8) is 0 Å². The van der Waals surface area contributed by atoms with Crippen LogP contribution in [-0.4, -0.2) is 39.5 Å². The van der Waals surface area contributed by atoms with Gasteiger partial charge in [0.25, 0.3) is 0 Å². The predicted molar refractivity (Wildman–Crippen MR) is 89.7 cm³/mol. The summed E-state index contributed by atoms with van der Waals surface area (Å²) < 4.78 is 12.1. The molecule has 1 aliphatic heterocycles. The molecule has 118 valence electrons. The van der Waals surface area contributed by atoms with E-state index in [0.29, 0.717) is 12.0 Å². The van der Waals surface area contributed by atoms with Crippen LogP contribution in [0.1, 0.15) is 24.8 Å². The highest BCUT2D eigenvalue weighted by Gasteiger charge is 2.21. The summed E-state index contributed by atoms with van der Waals surface area (Å²) in [6, 6.07) is 8.51. The van der Waals surface area contributed by atoms with Crippen molar-refractivity contribution in [1.82, 2.24) is 5.32 Å². The minimum absolute atomic E-state index is 0.446. The van der Waals surface area contributed by atoms with Gasteiger partial charge >= 0.3 is 0 Å². The molecular weight excluding hydrogens is 330 g/mol. The highest BCUT2D eigenvalue weighted by Crippen LogP contribution is 2.25. The van der Waals surface area contributed by atoms with Crippen molar-refractivity contribution in [2.75, 3.05) is 33.4 Å². The zero-order valence-corrected chi connectivity index (χ0v) is 14.4. The Balaban J connectivity index is 1.88. The zero-order valence-electron chi connectivity index (χ0n) is 12.8. The molecule has 21 heavy (non-hydrogen) atoms. The van der Waals surface area contributed by atoms with Crippen LogP contribution >= 0.6 is 15.9 Å². The van der Waals surface area contributed by atoms with Crippen LogP contribution in [0.4, 0.5) is 0 Å². The van der Waals surface area contributed by atoms with Crippen LogP contribution in [0.3, 0.4) is 0 Å². The summed E-state index contributed by atoms with van der Waals surface area (Å²) in [4.78, 5) is 0. The summed E-state index contributed by atoms with van der Waals surface area (Å²) in [7, 11) is 1.74. The van der Waals surface area contributed by atoms with Crippen LogP contribution < -0.4 is 5.32 Å². The number of nitrogens with one attached hydrogen (secondary N) is 1. The molecule has 1 fully saturated rings. The molecule has 2 rings (SSSR count). The lowest BCUT2D eigenvalue weighted by Crippen LogP contribution is -2.29. The highest BCUT2D eigenvalue weighted by atomic mass is 79.9. The van der Waals surface area contributed by atoms with Gasteiger partial charge in [-0.3, -0.25) is 0 Å². The molecule has 0 spiro atoms. The van der Waals surface area contributed by atoms with Gasteiger partial charge in [-0.2, -0.15) is 0 Å². The van der Waals surface area contributed by atoms with Crippen LogP contribution in [0.25, 0.3) is 0 Å². The van der Waals surface area contributed by atoms with E-state index >= 15 is 0 Å². The lowest BCUT2D eigenvalue weighted by molar-refractivity contribution is 0.0888. The monoisotopic (exact) mass is 355 g/mol. The molecule has 2 unspecified atom stereocenters. The van der Waals surface area contributed by atoms with Crippen molar-refractivity contribution in [2.24, 2.45) is 5.92 Å². The SMILES string of the molecule is COCCNCC(Cc1ccccc1Br)CC1CCCO1. The average Bonchev–Trinajstić information content (AvgIpc) is 2.99. The van der Waals surface area contributed by atoms with Gasteiger partial charge in [-0.1, -0.05) is 34.1 Å². The van der Waals surface area contributed by atoms with E-state index in [0.717, 1.165) is 39.1 Å². The standard InChI is InChI=1S/C17H26BrNO2/c1-20-10-8-19-13-14(12-16-6-4-9-21-16)11-15-5-2-3-7-17(15)18/h2-3,5,7,14,16,19H,4,6,8-13H2,1H3. The van der Waals surface area contributed by atoms with Gasteiger partial charge in [0.15, 0.2) is 0 Å². The lowest BCUT2D eigenvalue weighted by atomic mass is 9.92. The van der Waals surface area contributed by atoms with Crippen molar-refractivity contribution in [3.05, 3.63) is 34.3 Å². The fourth-order valence-corrected chi connectivity index (χ4v) is 3.34. The second-order valence-electron chi connectivity index (χ2n) is 5.73. The fourth-order valence-electron chi connectivity index (χ4n) is 2.90. The maximum Gasteiger partial charge on any atom is 0.0587 e. The number of methoxy groups -OCH3 is 1. The van der Waals surface area contributed by atoms with Gasteiger partial charge in [0.2, 0.25) is 0 Å². The smallest absolute Gasteiger partial charge is 0.0587 e. The minimum atomic E-state index is 0.446. The van der Waals surface area contributed by atoms with Crippen molar-refractivity contribution >= 4 is 15.9 Å². The van der Waals surface area contributed by atoms with Gasteiger partial charge in [0.1, 0.15) is 0 Å². The highest BCUT2D eigenvalue weighted by molar-refractivity contribution is 9.10. The molecular formula is C17H26BrNO2. The molecule has 2 atom stereocenters. The van der Waals surface area contributed by atoms with Crippen molar-refractivity contribution < 1.29 is 9.47 Å². The zero-order chi connectivity index (χ0) is 14.9. The Morgan fingerprint density at radius 1 is 1.43 bits per heavy atom. The molecule has 1 N–H and O–H groups in total. The molecule has 0 aromatic heterocycles. The topological polar surface area (TPSA) is 30.5 Å². The molecule has 0 amide bonds. The molecule has 1 aromatic rings. The number of benzene rings is 1. The first-order chi connectivity index (χ1) is 10.3. The summed E-state index contributed by atoms with van der Waals surface area (Å²) in [6.45, 7) is 3.63. The Morgan fingerprint density at radius 2 is 2.29 bits per heavy atom. The normalized spacial score (nSPS) is 19.8. The molecule has 0 radical (unpaired) electrons. The molecule has 0 aliphatic carbocycles.